The van der Waals surface area contributed by atoms with Crippen LogP contribution in [-0.4, -0.2) is 60.0 Å². The van der Waals surface area contributed by atoms with Crippen LogP contribution in [0.15, 0.2) is 48.7 Å². The van der Waals surface area contributed by atoms with Crippen molar-refractivity contribution in [2.75, 3.05) is 54.2 Å². The van der Waals surface area contributed by atoms with Gasteiger partial charge in [-0.05, 0) is 36.4 Å². The average Bonchev–Trinajstić information content (AvgIpc) is 2.82. The number of rotatable bonds is 12. The van der Waals surface area contributed by atoms with Gasteiger partial charge in [0.2, 0.25) is 5.95 Å². The summed E-state index contributed by atoms with van der Waals surface area (Å²) in [6.45, 7) is 0.915. The highest BCUT2D eigenvalue weighted by Gasteiger charge is 2.11. The number of halogens is 1. The van der Waals surface area contributed by atoms with Gasteiger partial charge in [-0.15, -0.1) is 0 Å². The Morgan fingerprint density at radius 2 is 1.85 bits per heavy atom. The van der Waals surface area contributed by atoms with Crippen LogP contribution in [0.1, 0.15) is 0 Å². The highest BCUT2D eigenvalue weighted by molar-refractivity contribution is 5.70. The highest BCUT2D eigenvalue weighted by Crippen LogP contribution is 2.29. The van der Waals surface area contributed by atoms with Crippen LogP contribution in [0.3, 0.4) is 0 Å². The van der Waals surface area contributed by atoms with Crippen molar-refractivity contribution in [3.8, 4) is 5.75 Å². The number of hydrogen-bond acceptors (Lipinski definition) is 10. The SMILES string of the molecule is CNc1cc(Nc2ncc(F)c(Nc3cccc(N(CCO)CCO)c3)n2)ccc1OC=O. The van der Waals surface area contributed by atoms with Crippen LogP contribution in [-0.2, 0) is 4.79 Å². The van der Waals surface area contributed by atoms with Gasteiger partial charge in [-0.25, -0.2) is 9.37 Å². The summed E-state index contributed by atoms with van der Waals surface area (Å²) in [6, 6.07) is 12.1. The maximum atomic E-state index is 14.4. The molecule has 1 aromatic heterocycles. The maximum absolute atomic E-state index is 14.4. The van der Waals surface area contributed by atoms with Crippen molar-refractivity contribution in [1.82, 2.24) is 9.97 Å². The quantitative estimate of drug-likeness (QED) is 0.259. The monoisotopic (exact) mass is 456 g/mol. The first kappa shape index (κ1) is 23.7. The van der Waals surface area contributed by atoms with Crippen LogP contribution in [0.4, 0.5) is 38.9 Å². The lowest BCUT2D eigenvalue weighted by molar-refractivity contribution is -0.120. The third kappa shape index (κ3) is 6.28. The Labute approximate surface area is 190 Å². The van der Waals surface area contributed by atoms with Crippen LogP contribution in [0.5, 0.6) is 5.75 Å². The van der Waals surface area contributed by atoms with Gasteiger partial charge in [0, 0.05) is 37.2 Å². The molecular formula is C22H25FN6O4. The summed E-state index contributed by atoms with van der Waals surface area (Å²) in [6.07, 6.45) is 1.05. The number of aliphatic hydroxyl groups excluding tert-OH is 2. The van der Waals surface area contributed by atoms with Crippen molar-refractivity contribution < 1.29 is 24.1 Å². The van der Waals surface area contributed by atoms with Crippen LogP contribution < -0.4 is 25.6 Å². The zero-order chi connectivity index (χ0) is 23.6. The number of anilines is 6. The van der Waals surface area contributed by atoms with Crippen molar-refractivity contribution in [1.29, 1.82) is 0 Å². The molecule has 2 aromatic carbocycles. The van der Waals surface area contributed by atoms with E-state index >= 15 is 0 Å². The first-order valence-electron chi connectivity index (χ1n) is 10.1. The lowest BCUT2D eigenvalue weighted by Crippen LogP contribution is -2.29. The Morgan fingerprint density at radius 3 is 2.55 bits per heavy atom. The van der Waals surface area contributed by atoms with E-state index in [1.807, 2.05) is 11.0 Å². The molecule has 3 rings (SSSR count). The van der Waals surface area contributed by atoms with Crippen LogP contribution >= 0.6 is 0 Å². The molecule has 0 fully saturated rings. The fraction of sp³-hybridized carbons (Fsp3) is 0.227. The summed E-state index contributed by atoms with van der Waals surface area (Å²) in [5.74, 6) is -0.158. The summed E-state index contributed by atoms with van der Waals surface area (Å²) in [7, 11) is 1.68. The summed E-state index contributed by atoms with van der Waals surface area (Å²) < 4.78 is 19.3. The zero-order valence-electron chi connectivity index (χ0n) is 18.0. The number of carbonyl (C=O) groups excluding carboxylic acids is 1. The van der Waals surface area contributed by atoms with E-state index < -0.39 is 5.82 Å². The number of aliphatic hydroxyl groups is 2. The summed E-state index contributed by atoms with van der Waals surface area (Å²) >= 11 is 0. The minimum absolute atomic E-state index is 0.0322. The normalized spacial score (nSPS) is 10.4. The summed E-state index contributed by atoms with van der Waals surface area (Å²) in [5.41, 5.74) is 2.50. The Morgan fingerprint density at radius 1 is 1.09 bits per heavy atom. The van der Waals surface area contributed by atoms with E-state index in [2.05, 4.69) is 25.9 Å². The smallest absolute Gasteiger partial charge is 0.298 e. The van der Waals surface area contributed by atoms with Gasteiger partial charge in [-0.2, -0.15) is 4.98 Å². The Hall–Kier alpha value is -3.96. The van der Waals surface area contributed by atoms with Gasteiger partial charge >= 0.3 is 0 Å². The molecule has 0 aliphatic carbocycles. The average molecular weight is 456 g/mol. The molecule has 0 atom stereocenters. The topological polar surface area (TPSA) is 132 Å². The standard InChI is InChI=1S/C22H25FN6O4/c1-24-19-12-16(5-6-20(19)33-14-32)27-22-25-13-18(23)21(28-22)26-15-3-2-4-17(11-15)29(7-9-30)8-10-31/h2-6,11-14,24,30-31H,7-10H2,1H3,(H2,25,26,27,28). The molecule has 0 unspecified atom stereocenters. The van der Waals surface area contributed by atoms with Gasteiger partial charge in [-0.1, -0.05) is 6.07 Å². The van der Waals surface area contributed by atoms with Crippen molar-refractivity contribution >= 4 is 41.0 Å². The molecule has 3 aromatic rings. The molecule has 11 heteroatoms. The predicted octanol–water partition coefficient (Wildman–Crippen LogP) is 2.47. The minimum atomic E-state index is -0.640. The first-order valence-corrected chi connectivity index (χ1v) is 10.1. The largest absolute Gasteiger partial charge is 0.427 e. The Bertz CT molecular complexity index is 1080. The van der Waals surface area contributed by atoms with E-state index in [4.69, 9.17) is 4.74 Å². The second kappa shape index (κ2) is 11.6. The van der Waals surface area contributed by atoms with Gasteiger partial charge < -0.3 is 35.8 Å². The van der Waals surface area contributed by atoms with Crippen molar-refractivity contribution in [2.24, 2.45) is 0 Å². The van der Waals surface area contributed by atoms with Gasteiger partial charge in [0.25, 0.3) is 6.47 Å². The molecule has 0 saturated carbocycles. The molecule has 0 bridgehead atoms. The molecule has 174 valence electrons. The van der Waals surface area contributed by atoms with E-state index in [1.165, 1.54) is 0 Å². The van der Waals surface area contributed by atoms with Crippen molar-refractivity contribution in [2.45, 2.75) is 0 Å². The Kier molecular flexibility index (Phi) is 8.33. The van der Waals surface area contributed by atoms with E-state index in [1.54, 1.807) is 43.4 Å². The molecule has 0 radical (unpaired) electrons. The number of aromatic nitrogens is 2. The molecule has 33 heavy (non-hydrogen) atoms. The zero-order valence-corrected chi connectivity index (χ0v) is 18.0. The van der Waals surface area contributed by atoms with Gasteiger partial charge in [-0.3, -0.25) is 4.79 Å². The number of nitrogens with one attached hydrogen (secondary N) is 3. The number of carbonyl (C=O) groups is 1. The number of nitrogens with zero attached hydrogens (tertiary/aromatic N) is 3. The molecule has 0 aliphatic rings. The van der Waals surface area contributed by atoms with Crippen LogP contribution in [0.25, 0.3) is 0 Å². The van der Waals surface area contributed by atoms with Gasteiger partial charge in [0.15, 0.2) is 17.4 Å². The number of benzene rings is 2. The van der Waals surface area contributed by atoms with Crippen LogP contribution in [0.2, 0.25) is 0 Å². The highest BCUT2D eigenvalue weighted by atomic mass is 19.1. The maximum Gasteiger partial charge on any atom is 0.298 e. The van der Waals surface area contributed by atoms with Crippen molar-refractivity contribution in [3.63, 3.8) is 0 Å². The molecule has 5 N–H and O–H groups in total. The van der Waals surface area contributed by atoms with E-state index in [0.29, 0.717) is 42.4 Å². The molecule has 0 aliphatic heterocycles. The van der Waals surface area contributed by atoms with E-state index in [-0.39, 0.29) is 25.0 Å². The molecular weight excluding hydrogens is 431 g/mol. The lowest BCUT2D eigenvalue weighted by Gasteiger charge is -2.23. The van der Waals surface area contributed by atoms with Gasteiger partial charge in [0.05, 0.1) is 25.1 Å². The summed E-state index contributed by atoms with van der Waals surface area (Å²) in [5, 5.41) is 27.4. The van der Waals surface area contributed by atoms with Crippen LogP contribution in [0, 0.1) is 5.82 Å². The molecule has 0 spiro atoms. The fourth-order valence-electron chi connectivity index (χ4n) is 3.13. The molecule has 10 nitrogen and oxygen atoms in total. The number of ether oxygens (including phenoxy) is 1. The second-order valence-corrected chi connectivity index (χ2v) is 6.80. The van der Waals surface area contributed by atoms with Crippen molar-refractivity contribution in [3.05, 3.63) is 54.5 Å². The van der Waals surface area contributed by atoms with Gasteiger partial charge in [0.1, 0.15) is 0 Å². The fourth-order valence-corrected chi connectivity index (χ4v) is 3.13. The predicted molar refractivity (Wildman–Crippen MR) is 124 cm³/mol. The first-order chi connectivity index (χ1) is 16.1. The molecule has 0 amide bonds. The number of hydrogen-bond donors (Lipinski definition) is 5. The van der Waals surface area contributed by atoms with E-state index in [9.17, 15) is 19.4 Å². The third-order valence-electron chi connectivity index (χ3n) is 4.64. The van der Waals surface area contributed by atoms with E-state index in [0.717, 1.165) is 11.9 Å². The molecule has 1 heterocycles. The minimum Gasteiger partial charge on any atom is -0.427 e. The second-order valence-electron chi connectivity index (χ2n) is 6.80. The molecule has 0 saturated heterocycles. The third-order valence-corrected chi connectivity index (χ3v) is 4.64. The lowest BCUT2D eigenvalue weighted by atomic mass is 10.2. The summed E-state index contributed by atoms with van der Waals surface area (Å²) in [4.78, 5) is 20.6. The Balaban J connectivity index is 1.80.